The van der Waals surface area contributed by atoms with E-state index in [2.05, 4.69) is 20.0 Å². The fraction of sp³-hybridized carbons (Fsp3) is 0.190. The monoisotopic (exact) mass is 476 g/mol. The lowest BCUT2D eigenvalue weighted by molar-refractivity contribution is -0.115. The highest BCUT2D eigenvalue weighted by Crippen LogP contribution is 2.26. The van der Waals surface area contributed by atoms with Crippen LogP contribution in [0.2, 0.25) is 5.02 Å². The number of aryl methyl sites for hydroxylation is 2. The van der Waals surface area contributed by atoms with Gasteiger partial charge >= 0.3 is 0 Å². The van der Waals surface area contributed by atoms with Gasteiger partial charge in [0.25, 0.3) is 10.0 Å². The van der Waals surface area contributed by atoms with E-state index in [9.17, 15) is 13.2 Å². The molecule has 0 radical (unpaired) electrons. The Labute approximate surface area is 190 Å². The van der Waals surface area contributed by atoms with Gasteiger partial charge in [0.15, 0.2) is 0 Å². The first kappa shape index (κ1) is 23.1. The maximum Gasteiger partial charge on any atom is 0.263 e. The van der Waals surface area contributed by atoms with Crippen LogP contribution < -0.4 is 10.0 Å². The van der Waals surface area contributed by atoms with Crippen LogP contribution >= 0.6 is 23.4 Å². The number of aromatic nitrogens is 2. The van der Waals surface area contributed by atoms with Gasteiger partial charge in [-0.3, -0.25) is 9.52 Å². The molecule has 0 aliphatic rings. The fourth-order valence-electron chi connectivity index (χ4n) is 2.70. The number of carbonyl (C=O) groups excluding carboxylic acids is 1. The Kier molecular flexibility index (Phi) is 7.19. The van der Waals surface area contributed by atoms with Crippen LogP contribution in [0.15, 0.2) is 64.4 Å². The lowest BCUT2D eigenvalue weighted by atomic mass is 10.3. The van der Waals surface area contributed by atoms with Crippen LogP contribution in [0.3, 0.4) is 0 Å². The number of hydrogen-bond acceptors (Lipinski definition) is 6. The molecule has 1 amide bonds. The van der Waals surface area contributed by atoms with Crippen LogP contribution in [0, 0.1) is 13.8 Å². The Morgan fingerprint density at radius 1 is 1.03 bits per heavy atom. The minimum atomic E-state index is -3.82. The number of anilines is 2. The van der Waals surface area contributed by atoms with Gasteiger partial charge in [-0.2, -0.15) is 0 Å². The van der Waals surface area contributed by atoms with Crippen molar-refractivity contribution in [3.63, 3.8) is 0 Å². The standard InChI is InChI=1S/C21H21ClN4O3S2/c1-13-12-20(24-15(3)23-13)26-31(28,29)19-10-6-17(7-11-19)25-21(27)14(2)30-18-8-4-16(22)5-9-18/h4-12,14H,1-3H3,(H,25,27)(H,23,24,26). The van der Waals surface area contributed by atoms with Crippen LogP contribution in [-0.4, -0.2) is 29.5 Å². The molecule has 10 heteroatoms. The summed E-state index contributed by atoms with van der Waals surface area (Å²) < 4.78 is 27.7. The maximum atomic E-state index is 12.6. The lowest BCUT2D eigenvalue weighted by Gasteiger charge is -2.13. The molecular weight excluding hydrogens is 456 g/mol. The summed E-state index contributed by atoms with van der Waals surface area (Å²) in [6, 6.07) is 14.7. The summed E-state index contributed by atoms with van der Waals surface area (Å²) in [4.78, 5) is 21.7. The van der Waals surface area contributed by atoms with Crippen LogP contribution in [0.5, 0.6) is 0 Å². The molecule has 0 aliphatic heterocycles. The Balaban J connectivity index is 1.64. The molecule has 2 aromatic carbocycles. The van der Waals surface area contributed by atoms with E-state index in [1.54, 1.807) is 51.1 Å². The molecule has 1 heterocycles. The van der Waals surface area contributed by atoms with E-state index in [0.717, 1.165) is 4.90 Å². The zero-order valence-electron chi connectivity index (χ0n) is 17.1. The number of amides is 1. The number of hydrogen-bond donors (Lipinski definition) is 2. The molecule has 3 rings (SSSR count). The van der Waals surface area contributed by atoms with Crippen molar-refractivity contribution >= 4 is 50.8 Å². The van der Waals surface area contributed by atoms with Gasteiger partial charge in [0.1, 0.15) is 11.6 Å². The molecule has 0 aliphatic carbocycles. The Hall–Kier alpha value is -2.62. The van der Waals surface area contributed by atoms with Crippen molar-refractivity contribution in [3.8, 4) is 0 Å². The third-order valence-corrected chi connectivity index (χ3v) is 6.87. The van der Waals surface area contributed by atoms with Gasteiger partial charge in [0.2, 0.25) is 5.91 Å². The summed E-state index contributed by atoms with van der Waals surface area (Å²) in [5, 5.41) is 3.08. The maximum absolute atomic E-state index is 12.6. The predicted molar refractivity (Wildman–Crippen MR) is 124 cm³/mol. The van der Waals surface area contributed by atoms with Gasteiger partial charge < -0.3 is 5.32 Å². The number of nitrogens with zero attached hydrogens (tertiary/aromatic N) is 2. The summed E-state index contributed by atoms with van der Waals surface area (Å²) in [6.07, 6.45) is 0. The Morgan fingerprint density at radius 3 is 2.29 bits per heavy atom. The van der Waals surface area contributed by atoms with Crippen molar-refractivity contribution in [2.45, 2.75) is 35.8 Å². The second-order valence-corrected chi connectivity index (χ2v) is 10.3. The summed E-state index contributed by atoms with van der Waals surface area (Å²) in [7, 11) is -3.82. The van der Waals surface area contributed by atoms with Gasteiger partial charge in [-0.05, 0) is 69.3 Å². The number of halogens is 1. The molecule has 1 aromatic heterocycles. The first-order valence-electron chi connectivity index (χ1n) is 9.31. The number of thioether (sulfide) groups is 1. The van der Waals surface area contributed by atoms with Gasteiger partial charge in [-0.1, -0.05) is 11.6 Å². The minimum Gasteiger partial charge on any atom is -0.325 e. The zero-order chi connectivity index (χ0) is 22.6. The number of carbonyl (C=O) groups is 1. The zero-order valence-corrected chi connectivity index (χ0v) is 19.5. The quantitative estimate of drug-likeness (QED) is 0.480. The van der Waals surface area contributed by atoms with E-state index in [4.69, 9.17) is 11.6 Å². The molecule has 31 heavy (non-hydrogen) atoms. The van der Waals surface area contributed by atoms with Gasteiger partial charge in [0, 0.05) is 27.4 Å². The van der Waals surface area contributed by atoms with Gasteiger partial charge in [-0.15, -0.1) is 11.8 Å². The van der Waals surface area contributed by atoms with Crippen molar-refractivity contribution in [1.82, 2.24) is 9.97 Å². The third kappa shape index (κ3) is 6.43. The fourth-order valence-corrected chi connectivity index (χ4v) is 4.68. The van der Waals surface area contributed by atoms with Gasteiger partial charge in [0.05, 0.1) is 10.1 Å². The molecule has 162 valence electrons. The van der Waals surface area contributed by atoms with E-state index in [-0.39, 0.29) is 21.9 Å². The molecule has 3 aromatic rings. The highest BCUT2D eigenvalue weighted by Gasteiger charge is 2.17. The Morgan fingerprint density at radius 2 is 1.68 bits per heavy atom. The largest absolute Gasteiger partial charge is 0.325 e. The molecule has 1 unspecified atom stereocenters. The lowest BCUT2D eigenvalue weighted by Crippen LogP contribution is -2.22. The van der Waals surface area contributed by atoms with Crippen molar-refractivity contribution in [1.29, 1.82) is 0 Å². The number of rotatable bonds is 7. The van der Waals surface area contributed by atoms with Crippen molar-refractivity contribution < 1.29 is 13.2 Å². The van der Waals surface area contributed by atoms with E-state index >= 15 is 0 Å². The predicted octanol–water partition coefficient (Wildman–Crippen LogP) is 4.67. The van der Waals surface area contributed by atoms with Crippen LogP contribution in [0.25, 0.3) is 0 Å². The van der Waals surface area contributed by atoms with Crippen LogP contribution in [0.1, 0.15) is 18.4 Å². The first-order chi connectivity index (χ1) is 14.6. The summed E-state index contributed by atoms with van der Waals surface area (Å²) in [5.74, 6) is 0.484. The molecule has 0 spiro atoms. The topological polar surface area (TPSA) is 101 Å². The normalized spacial score (nSPS) is 12.3. The second-order valence-electron chi connectivity index (χ2n) is 6.77. The molecule has 1 atom stereocenters. The summed E-state index contributed by atoms with van der Waals surface area (Å²) >= 11 is 7.28. The SMILES string of the molecule is Cc1cc(NS(=O)(=O)c2ccc(NC(=O)C(C)Sc3ccc(Cl)cc3)cc2)nc(C)n1. The van der Waals surface area contributed by atoms with Crippen molar-refractivity contribution in [3.05, 3.63) is 71.1 Å². The molecule has 2 N–H and O–H groups in total. The average molecular weight is 477 g/mol. The van der Waals surface area contributed by atoms with E-state index < -0.39 is 10.0 Å². The highest BCUT2D eigenvalue weighted by atomic mass is 35.5. The second kappa shape index (κ2) is 9.67. The Bertz CT molecular complexity index is 1160. The van der Waals surface area contributed by atoms with Crippen molar-refractivity contribution in [2.75, 3.05) is 10.0 Å². The molecule has 0 saturated heterocycles. The summed E-state index contributed by atoms with van der Waals surface area (Å²) in [5.41, 5.74) is 1.16. The highest BCUT2D eigenvalue weighted by molar-refractivity contribution is 8.00. The molecule has 7 nitrogen and oxygen atoms in total. The number of benzene rings is 2. The number of nitrogens with one attached hydrogen (secondary N) is 2. The molecule has 0 bridgehead atoms. The number of sulfonamides is 1. The first-order valence-corrected chi connectivity index (χ1v) is 12.0. The van der Waals surface area contributed by atoms with E-state index in [1.165, 1.54) is 23.9 Å². The van der Waals surface area contributed by atoms with Crippen LogP contribution in [-0.2, 0) is 14.8 Å². The van der Waals surface area contributed by atoms with Crippen LogP contribution in [0.4, 0.5) is 11.5 Å². The van der Waals surface area contributed by atoms with Gasteiger partial charge in [-0.25, -0.2) is 18.4 Å². The van der Waals surface area contributed by atoms with E-state index in [0.29, 0.717) is 22.2 Å². The summed E-state index contributed by atoms with van der Waals surface area (Å²) in [6.45, 7) is 5.24. The van der Waals surface area contributed by atoms with E-state index in [1.807, 2.05) is 12.1 Å². The third-order valence-electron chi connectivity index (χ3n) is 4.13. The molecule has 0 fully saturated rings. The van der Waals surface area contributed by atoms with Crippen molar-refractivity contribution in [2.24, 2.45) is 0 Å². The molecular formula is C21H21ClN4O3S2. The average Bonchev–Trinajstić information content (AvgIpc) is 2.69. The minimum absolute atomic E-state index is 0.0583. The molecule has 0 saturated carbocycles. The smallest absolute Gasteiger partial charge is 0.263 e.